The number of hydrazone groups is 1. The first kappa shape index (κ1) is 15.2. The number of pyridine rings is 1. The maximum absolute atomic E-state index is 11.7. The van der Waals surface area contributed by atoms with Gasteiger partial charge in [0.1, 0.15) is 5.75 Å². The van der Waals surface area contributed by atoms with Gasteiger partial charge in [-0.15, -0.1) is 0 Å². The van der Waals surface area contributed by atoms with Crippen molar-refractivity contribution in [1.29, 1.82) is 0 Å². The lowest BCUT2D eigenvalue weighted by Gasteiger charge is -2.05. The van der Waals surface area contributed by atoms with Gasteiger partial charge in [-0.2, -0.15) is 5.10 Å². The molecule has 112 valence electrons. The van der Waals surface area contributed by atoms with E-state index in [9.17, 15) is 9.59 Å². The van der Waals surface area contributed by atoms with Crippen molar-refractivity contribution in [3.63, 3.8) is 0 Å². The van der Waals surface area contributed by atoms with Crippen LogP contribution >= 0.6 is 0 Å². The second kappa shape index (κ2) is 7.53. The van der Waals surface area contributed by atoms with Gasteiger partial charge in [0.05, 0.1) is 13.3 Å². The summed E-state index contributed by atoms with van der Waals surface area (Å²) in [5, 5.41) is 6.15. The molecule has 7 nitrogen and oxygen atoms in total. The van der Waals surface area contributed by atoms with E-state index in [1.54, 1.807) is 48.8 Å². The fourth-order valence-electron chi connectivity index (χ4n) is 1.55. The highest BCUT2D eigenvalue weighted by molar-refractivity contribution is 6.39. The topological polar surface area (TPSA) is 92.7 Å². The summed E-state index contributed by atoms with van der Waals surface area (Å²) in [5.41, 5.74) is 3.36. The van der Waals surface area contributed by atoms with Crippen LogP contribution in [0.25, 0.3) is 0 Å². The molecule has 0 fully saturated rings. The van der Waals surface area contributed by atoms with Crippen LogP contribution in [0.2, 0.25) is 0 Å². The van der Waals surface area contributed by atoms with Crippen molar-refractivity contribution in [3.8, 4) is 5.75 Å². The van der Waals surface area contributed by atoms with Crippen LogP contribution in [-0.2, 0) is 9.59 Å². The van der Waals surface area contributed by atoms with Crippen molar-refractivity contribution in [2.75, 3.05) is 12.4 Å². The van der Waals surface area contributed by atoms with Crippen LogP contribution in [-0.4, -0.2) is 30.1 Å². The predicted molar refractivity (Wildman–Crippen MR) is 81.6 cm³/mol. The Hall–Kier alpha value is -3.22. The zero-order valence-corrected chi connectivity index (χ0v) is 11.8. The summed E-state index contributed by atoms with van der Waals surface area (Å²) >= 11 is 0. The maximum Gasteiger partial charge on any atom is 0.329 e. The molecule has 22 heavy (non-hydrogen) atoms. The average molecular weight is 298 g/mol. The molecule has 2 rings (SSSR count). The molecule has 0 radical (unpaired) electrons. The van der Waals surface area contributed by atoms with Crippen LogP contribution < -0.4 is 15.5 Å². The first-order valence-electron chi connectivity index (χ1n) is 6.37. The number of hydrogen-bond donors (Lipinski definition) is 2. The molecule has 2 aromatic rings. The van der Waals surface area contributed by atoms with Gasteiger partial charge in [0.2, 0.25) is 0 Å². The van der Waals surface area contributed by atoms with E-state index < -0.39 is 11.8 Å². The summed E-state index contributed by atoms with van der Waals surface area (Å²) in [6.07, 6.45) is 4.61. The Morgan fingerprint density at radius 3 is 2.68 bits per heavy atom. The van der Waals surface area contributed by atoms with Crippen molar-refractivity contribution in [2.24, 2.45) is 5.10 Å². The highest BCUT2D eigenvalue weighted by Crippen LogP contribution is 2.16. The Kier molecular flexibility index (Phi) is 5.20. The largest absolute Gasteiger partial charge is 0.497 e. The Balaban J connectivity index is 1.89. The van der Waals surface area contributed by atoms with E-state index in [2.05, 4.69) is 20.8 Å². The van der Waals surface area contributed by atoms with Gasteiger partial charge in [0.15, 0.2) is 0 Å². The fourth-order valence-corrected chi connectivity index (χ4v) is 1.55. The number of benzene rings is 1. The summed E-state index contributed by atoms with van der Waals surface area (Å²) in [4.78, 5) is 27.2. The molecule has 0 spiro atoms. The minimum absolute atomic E-state index is 0.456. The summed E-state index contributed by atoms with van der Waals surface area (Å²) in [6, 6.07) is 10.1. The molecule has 0 aliphatic rings. The number of rotatable bonds is 4. The molecule has 2 N–H and O–H groups in total. The SMILES string of the molecule is COc1cccc(NC(=O)C(=O)N/N=C\c2ccncc2)c1. The number of hydrogen-bond acceptors (Lipinski definition) is 5. The van der Waals surface area contributed by atoms with E-state index in [0.717, 1.165) is 5.56 Å². The standard InChI is InChI=1S/C15H14N4O3/c1-22-13-4-2-3-12(9-13)18-14(20)15(21)19-17-10-11-5-7-16-8-6-11/h2-10H,1H3,(H,18,20)(H,19,21)/b17-10-. The molecule has 0 atom stereocenters. The minimum Gasteiger partial charge on any atom is -0.497 e. The van der Waals surface area contributed by atoms with E-state index in [1.165, 1.54) is 13.3 Å². The van der Waals surface area contributed by atoms with Crippen LogP contribution in [0.4, 0.5) is 5.69 Å². The number of ether oxygens (including phenoxy) is 1. The molecule has 0 bridgehead atoms. The normalized spacial score (nSPS) is 10.2. The molecule has 0 aliphatic heterocycles. The second-order valence-corrected chi connectivity index (χ2v) is 4.17. The van der Waals surface area contributed by atoms with Gasteiger partial charge in [0.25, 0.3) is 0 Å². The number of carbonyl (C=O) groups is 2. The smallest absolute Gasteiger partial charge is 0.329 e. The number of aromatic nitrogens is 1. The second-order valence-electron chi connectivity index (χ2n) is 4.17. The number of nitrogens with one attached hydrogen (secondary N) is 2. The van der Waals surface area contributed by atoms with E-state index in [-0.39, 0.29) is 0 Å². The van der Waals surface area contributed by atoms with Gasteiger partial charge in [-0.1, -0.05) is 6.07 Å². The van der Waals surface area contributed by atoms with E-state index in [4.69, 9.17) is 4.74 Å². The van der Waals surface area contributed by atoms with Gasteiger partial charge < -0.3 is 10.1 Å². The predicted octanol–water partition coefficient (Wildman–Crippen LogP) is 1.18. The molecule has 2 amide bonds. The van der Waals surface area contributed by atoms with E-state index >= 15 is 0 Å². The minimum atomic E-state index is -0.867. The summed E-state index contributed by atoms with van der Waals surface area (Å²) in [5.74, 6) is -1.11. The molecule has 1 heterocycles. The zero-order valence-electron chi connectivity index (χ0n) is 11.8. The Labute approximate surface area is 127 Å². The molecule has 0 aliphatic carbocycles. The molecule has 0 unspecified atom stereocenters. The van der Waals surface area contributed by atoms with Crippen LogP contribution in [0.15, 0.2) is 53.9 Å². The maximum atomic E-state index is 11.7. The first-order valence-corrected chi connectivity index (χ1v) is 6.37. The van der Waals surface area contributed by atoms with Gasteiger partial charge in [-0.25, -0.2) is 5.43 Å². The van der Waals surface area contributed by atoms with Gasteiger partial charge in [-0.05, 0) is 29.8 Å². The third kappa shape index (κ3) is 4.41. The fraction of sp³-hybridized carbons (Fsp3) is 0.0667. The third-order valence-electron chi connectivity index (χ3n) is 2.62. The monoisotopic (exact) mass is 298 g/mol. The summed E-state index contributed by atoms with van der Waals surface area (Å²) in [6.45, 7) is 0. The summed E-state index contributed by atoms with van der Waals surface area (Å²) < 4.78 is 5.03. The molecule has 0 saturated heterocycles. The van der Waals surface area contributed by atoms with Crippen molar-refractivity contribution < 1.29 is 14.3 Å². The van der Waals surface area contributed by atoms with E-state index in [1.807, 2.05) is 0 Å². The zero-order chi connectivity index (χ0) is 15.8. The Morgan fingerprint density at radius 2 is 1.95 bits per heavy atom. The average Bonchev–Trinajstić information content (AvgIpc) is 2.56. The number of nitrogens with zero attached hydrogens (tertiary/aromatic N) is 2. The van der Waals surface area contributed by atoms with Crippen LogP contribution in [0.5, 0.6) is 5.75 Å². The molecule has 7 heteroatoms. The van der Waals surface area contributed by atoms with Crippen LogP contribution in [0.1, 0.15) is 5.56 Å². The summed E-state index contributed by atoms with van der Waals surface area (Å²) in [7, 11) is 1.52. The highest BCUT2D eigenvalue weighted by Gasteiger charge is 2.12. The lowest BCUT2D eigenvalue weighted by Crippen LogP contribution is -2.32. The van der Waals surface area contributed by atoms with Crippen molar-refractivity contribution >= 4 is 23.7 Å². The quantitative estimate of drug-likeness (QED) is 0.503. The molecule has 0 saturated carbocycles. The van der Waals surface area contributed by atoms with Crippen molar-refractivity contribution in [2.45, 2.75) is 0 Å². The van der Waals surface area contributed by atoms with Gasteiger partial charge in [-0.3, -0.25) is 14.6 Å². The highest BCUT2D eigenvalue weighted by atomic mass is 16.5. The van der Waals surface area contributed by atoms with Crippen LogP contribution in [0.3, 0.4) is 0 Å². The van der Waals surface area contributed by atoms with Gasteiger partial charge in [0, 0.05) is 24.1 Å². The number of amides is 2. The molecular formula is C15H14N4O3. The van der Waals surface area contributed by atoms with Crippen LogP contribution in [0, 0.1) is 0 Å². The lowest BCUT2D eigenvalue weighted by molar-refractivity contribution is -0.136. The Morgan fingerprint density at radius 1 is 1.18 bits per heavy atom. The van der Waals surface area contributed by atoms with E-state index in [0.29, 0.717) is 11.4 Å². The molecule has 1 aromatic carbocycles. The molecule has 1 aromatic heterocycles. The number of methoxy groups -OCH3 is 1. The number of anilines is 1. The van der Waals surface area contributed by atoms with Crippen molar-refractivity contribution in [3.05, 3.63) is 54.4 Å². The van der Waals surface area contributed by atoms with Crippen molar-refractivity contribution in [1.82, 2.24) is 10.4 Å². The molecular weight excluding hydrogens is 284 g/mol. The van der Waals surface area contributed by atoms with Gasteiger partial charge >= 0.3 is 11.8 Å². The Bertz CT molecular complexity index is 686. The first-order chi connectivity index (χ1) is 10.7. The lowest BCUT2D eigenvalue weighted by atomic mass is 10.3. The number of carbonyl (C=O) groups excluding carboxylic acids is 2. The third-order valence-corrected chi connectivity index (χ3v) is 2.62.